The molecule has 0 spiro atoms. The fourth-order valence-electron chi connectivity index (χ4n) is 1.54. The van der Waals surface area contributed by atoms with Crippen molar-refractivity contribution < 1.29 is 17.9 Å². The fourth-order valence-corrected chi connectivity index (χ4v) is 2.09. The summed E-state index contributed by atoms with van der Waals surface area (Å²) in [6, 6.07) is 1.22. The maximum absolute atomic E-state index is 12.0. The quantitative estimate of drug-likeness (QED) is 0.764. The number of nitrogens with two attached hydrogens (primary N) is 1. The van der Waals surface area contributed by atoms with Gasteiger partial charge in [0.1, 0.15) is 10.6 Å². The van der Waals surface area contributed by atoms with E-state index in [0.717, 1.165) is 0 Å². The summed E-state index contributed by atoms with van der Waals surface area (Å²) in [6.07, 6.45) is 1.34. The van der Waals surface area contributed by atoms with Crippen LogP contribution in [-0.2, 0) is 21.3 Å². The molecule has 1 heterocycles. The number of primary sulfonamides is 1. The van der Waals surface area contributed by atoms with Crippen LogP contribution in [0.25, 0.3) is 0 Å². The van der Waals surface area contributed by atoms with E-state index < -0.39 is 10.0 Å². The molecule has 1 rings (SSSR count). The monoisotopic (exact) mass is 289 g/mol. The van der Waals surface area contributed by atoms with E-state index >= 15 is 0 Å². The third kappa shape index (κ3) is 4.34. The van der Waals surface area contributed by atoms with Crippen LogP contribution in [0.2, 0.25) is 0 Å². The summed E-state index contributed by atoms with van der Waals surface area (Å²) in [5.41, 5.74) is 0.245. The average molecular weight is 289 g/mol. The molecule has 0 saturated carbocycles. The first kappa shape index (κ1) is 15.7. The Hall–Kier alpha value is -1.38. The zero-order valence-electron chi connectivity index (χ0n) is 11.2. The molecule has 0 aliphatic carbocycles. The van der Waals surface area contributed by atoms with Crippen molar-refractivity contribution in [3.05, 3.63) is 18.0 Å². The lowest BCUT2D eigenvalue weighted by Gasteiger charge is -2.11. The largest absolute Gasteiger partial charge is 0.383 e. The molecule has 1 amide bonds. The van der Waals surface area contributed by atoms with Crippen LogP contribution in [0.3, 0.4) is 0 Å². The highest BCUT2D eigenvalue weighted by Gasteiger charge is 2.19. The molecule has 0 bridgehead atoms. The minimum atomic E-state index is -3.83. The van der Waals surface area contributed by atoms with Crippen molar-refractivity contribution in [2.45, 2.75) is 31.3 Å². The number of methoxy groups -OCH3 is 1. The van der Waals surface area contributed by atoms with Gasteiger partial charge in [0.15, 0.2) is 0 Å². The number of nitrogens with one attached hydrogen (secondary N) is 1. The van der Waals surface area contributed by atoms with Gasteiger partial charge in [-0.25, -0.2) is 13.6 Å². The lowest BCUT2D eigenvalue weighted by atomic mass is 10.3. The zero-order valence-corrected chi connectivity index (χ0v) is 12.0. The molecule has 0 saturated heterocycles. The van der Waals surface area contributed by atoms with Gasteiger partial charge in [0.2, 0.25) is 10.0 Å². The predicted octanol–water partition coefficient (Wildman–Crippen LogP) is -0.0799. The third-order valence-electron chi connectivity index (χ3n) is 2.39. The van der Waals surface area contributed by atoms with Gasteiger partial charge in [0, 0.05) is 25.9 Å². The summed E-state index contributed by atoms with van der Waals surface area (Å²) in [5.74, 6) is -0.346. The van der Waals surface area contributed by atoms with Crippen LogP contribution in [0.4, 0.5) is 0 Å². The highest BCUT2D eigenvalue weighted by atomic mass is 32.2. The van der Waals surface area contributed by atoms with Gasteiger partial charge in [-0.3, -0.25) is 4.79 Å². The van der Waals surface area contributed by atoms with Crippen LogP contribution in [-0.4, -0.2) is 38.7 Å². The third-order valence-corrected chi connectivity index (χ3v) is 3.27. The van der Waals surface area contributed by atoms with Crippen LogP contribution in [0.15, 0.2) is 17.2 Å². The van der Waals surface area contributed by atoms with Gasteiger partial charge in [0.25, 0.3) is 5.91 Å². The Morgan fingerprint density at radius 1 is 1.53 bits per heavy atom. The first-order valence-corrected chi connectivity index (χ1v) is 7.33. The summed E-state index contributed by atoms with van der Waals surface area (Å²) >= 11 is 0. The van der Waals surface area contributed by atoms with Crippen LogP contribution in [0, 0.1) is 0 Å². The molecule has 0 unspecified atom stereocenters. The van der Waals surface area contributed by atoms with Crippen molar-refractivity contribution >= 4 is 15.9 Å². The van der Waals surface area contributed by atoms with Gasteiger partial charge < -0.3 is 14.6 Å². The number of aromatic nitrogens is 1. The van der Waals surface area contributed by atoms with E-state index in [-0.39, 0.29) is 22.5 Å². The molecule has 0 fully saturated rings. The normalized spacial score (nSPS) is 11.8. The van der Waals surface area contributed by atoms with Crippen molar-refractivity contribution in [2.75, 3.05) is 13.7 Å². The molecule has 19 heavy (non-hydrogen) atoms. The minimum Gasteiger partial charge on any atom is -0.383 e. The molecule has 1 aromatic heterocycles. The van der Waals surface area contributed by atoms with E-state index in [0.29, 0.717) is 13.2 Å². The van der Waals surface area contributed by atoms with Crippen LogP contribution in [0.5, 0.6) is 0 Å². The molecule has 0 aliphatic rings. The second-order valence-electron chi connectivity index (χ2n) is 4.42. The molecule has 0 atom stereocenters. The lowest BCUT2D eigenvalue weighted by molar-refractivity contribution is 0.0931. The van der Waals surface area contributed by atoms with E-state index in [1.54, 1.807) is 0 Å². The van der Waals surface area contributed by atoms with Crippen LogP contribution < -0.4 is 10.5 Å². The van der Waals surface area contributed by atoms with Crippen molar-refractivity contribution in [1.29, 1.82) is 0 Å². The number of carbonyl (C=O) groups is 1. The van der Waals surface area contributed by atoms with Crippen molar-refractivity contribution in [1.82, 2.24) is 9.88 Å². The van der Waals surface area contributed by atoms with Crippen LogP contribution >= 0.6 is 0 Å². The Labute approximate surface area is 112 Å². The summed E-state index contributed by atoms with van der Waals surface area (Å²) in [5, 5.41) is 7.77. The Morgan fingerprint density at radius 2 is 2.16 bits per heavy atom. The lowest BCUT2D eigenvalue weighted by Crippen LogP contribution is -2.31. The van der Waals surface area contributed by atoms with Crippen molar-refractivity contribution in [3.63, 3.8) is 0 Å². The summed E-state index contributed by atoms with van der Waals surface area (Å²) in [4.78, 5) is 11.9. The number of nitrogens with zero attached hydrogens (tertiary/aromatic N) is 1. The fraction of sp³-hybridized carbons (Fsp3) is 0.545. The molecule has 0 radical (unpaired) electrons. The molecule has 7 nitrogen and oxygen atoms in total. The summed E-state index contributed by atoms with van der Waals surface area (Å²) in [7, 11) is -2.31. The highest BCUT2D eigenvalue weighted by Crippen LogP contribution is 2.13. The number of sulfonamides is 1. The predicted molar refractivity (Wildman–Crippen MR) is 70.3 cm³/mol. The van der Waals surface area contributed by atoms with Crippen molar-refractivity contribution in [2.24, 2.45) is 5.14 Å². The number of ether oxygens (including phenoxy) is 1. The van der Waals surface area contributed by atoms with Gasteiger partial charge in [-0.1, -0.05) is 0 Å². The second kappa shape index (κ2) is 6.18. The van der Waals surface area contributed by atoms with E-state index in [1.807, 2.05) is 13.8 Å². The minimum absolute atomic E-state index is 0.0452. The summed E-state index contributed by atoms with van der Waals surface area (Å²) < 4.78 is 29.1. The molecule has 108 valence electrons. The first-order valence-electron chi connectivity index (χ1n) is 5.78. The topological polar surface area (TPSA) is 103 Å². The molecule has 3 N–H and O–H groups in total. The first-order chi connectivity index (χ1) is 8.75. The van der Waals surface area contributed by atoms with E-state index in [9.17, 15) is 13.2 Å². The maximum Gasteiger partial charge on any atom is 0.268 e. The highest BCUT2D eigenvalue weighted by molar-refractivity contribution is 7.89. The molecule has 0 aliphatic heterocycles. The molecular formula is C11H19N3O4S. The Kier molecular flexibility index (Phi) is 5.10. The Balaban J connectivity index is 3.12. The average Bonchev–Trinajstić information content (AvgIpc) is 2.68. The van der Waals surface area contributed by atoms with E-state index in [1.165, 1.54) is 23.9 Å². The molecule has 0 aromatic carbocycles. The van der Waals surface area contributed by atoms with Crippen LogP contribution in [0.1, 0.15) is 24.3 Å². The standard InChI is InChI=1S/C11H19N3O4S/c1-8(2)13-11(15)10-6-9(19(12,16)17)7-14(10)4-5-18-3/h6-8H,4-5H2,1-3H3,(H,13,15)(H2,12,16,17). The summed E-state index contributed by atoms with van der Waals surface area (Å²) in [6.45, 7) is 4.37. The van der Waals surface area contributed by atoms with Gasteiger partial charge in [0.05, 0.1) is 6.61 Å². The van der Waals surface area contributed by atoms with Gasteiger partial charge in [-0.05, 0) is 19.9 Å². The maximum atomic E-state index is 12.0. The Bertz CT molecular complexity index is 548. The SMILES string of the molecule is COCCn1cc(S(N)(=O)=O)cc1C(=O)NC(C)C. The van der Waals surface area contributed by atoms with Crippen molar-refractivity contribution in [3.8, 4) is 0 Å². The Morgan fingerprint density at radius 3 is 2.63 bits per heavy atom. The molecule has 8 heteroatoms. The van der Waals surface area contributed by atoms with Gasteiger partial charge in [-0.2, -0.15) is 0 Å². The number of amides is 1. The van der Waals surface area contributed by atoms with E-state index in [2.05, 4.69) is 5.32 Å². The van der Waals surface area contributed by atoms with E-state index in [4.69, 9.17) is 9.88 Å². The van der Waals surface area contributed by atoms with Gasteiger partial charge in [-0.15, -0.1) is 0 Å². The number of hydrogen-bond acceptors (Lipinski definition) is 4. The number of rotatable bonds is 6. The molecular weight excluding hydrogens is 270 g/mol. The smallest absolute Gasteiger partial charge is 0.268 e. The number of hydrogen-bond donors (Lipinski definition) is 2. The second-order valence-corrected chi connectivity index (χ2v) is 5.98. The number of carbonyl (C=O) groups excluding carboxylic acids is 1. The molecule has 1 aromatic rings. The zero-order chi connectivity index (χ0) is 14.6. The van der Waals surface area contributed by atoms with Gasteiger partial charge >= 0.3 is 0 Å².